The third-order valence-electron chi connectivity index (χ3n) is 16.5. The Bertz CT molecular complexity index is 3250. The van der Waals surface area contributed by atoms with Crippen molar-refractivity contribution in [2.45, 2.75) is 160 Å². The van der Waals surface area contributed by atoms with Crippen molar-refractivity contribution in [1.82, 2.24) is 62.8 Å². The summed E-state index contributed by atoms with van der Waals surface area (Å²) in [5, 5.41) is 33.2. The van der Waals surface area contributed by atoms with Crippen LogP contribution in [-0.4, -0.2) is 362 Å². The lowest BCUT2D eigenvalue weighted by molar-refractivity contribution is -0.130. The molecule has 0 aliphatic heterocycles. The number of terminal acetylenes is 1. The van der Waals surface area contributed by atoms with E-state index >= 15 is 0 Å². The molecule has 0 spiro atoms. The zero-order valence-corrected chi connectivity index (χ0v) is 75.4. The van der Waals surface area contributed by atoms with Gasteiger partial charge in [-0.25, -0.2) is 13.5 Å². The smallest absolute Gasteiger partial charge is 0.233 e. The Morgan fingerprint density at radius 3 is 1.02 bits per heavy atom. The number of carbonyl (C=O) groups is 15. The van der Waals surface area contributed by atoms with Gasteiger partial charge in [0.1, 0.15) is 60.7 Å². The molecule has 0 fully saturated rings. The number of ether oxygens (including phenoxy) is 13. The molecule has 0 bridgehead atoms. The minimum Gasteiger partial charge on any atom is -0.431 e. The van der Waals surface area contributed by atoms with Gasteiger partial charge in [0.15, 0.2) is 11.6 Å². The van der Waals surface area contributed by atoms with E-state index in [1.807, 2.05) is 0 Å². The molecule has 0 aliphatic rings. The molecule has 1 aromatic heterocycles. The number of nitrogens with one attached hydrogen (secondary N) is 9. The van der Waals surface area contributed by atoms with E-state index in [9.17, 15) is 80.7 Å². The second-order valence-electron chi connectivity index (χ2n) is 26.3. The van der Waals surface area contributed by atoms with E-state index in [2.05, 4.69) is 79.1 Å². The summed E-state index contributed by atoms with van der Waals surface area (Å²) in [5.41, 5.74) is 19.3. The van der Waals surface area contributed by atoms with Gasteiger partial charge in [0.05, 0.1) is 203 Å². The maximum absolute atomic E-state index is 12.7. The van der Waals surface area contributed by atoms with E-state index in [0.29, 0.717) is 138 Å². The number of hydrogen-bond acceptors (Lipinski definition) is 34. The molecule has 1 aromatic rings. The van der Waals surface area contributed by atoms with Crippen LogP contribution in [0, 0.1) is 12.3 Å². The van der Waals surface area contributed by atoms with E-state index in [4.69, 9.17) is 85.0 Å². The van der Waals surface area contributed by atoms with Crippen molar-refractivity contribution >= 4 is 87.9 Å². The van der Waals surface area contributed by atoms with Gasteiger partial charge in [0, 0.05) is 163 Å². The van der Waals surface area contributed by atoms with E-state index in [1.165, 1.54) is 42.3 Å². The lowest BCUT2D eigenvalue weighted by Gasteiger charge is -2.17. The summed E-state index contributed by atoms with van der Waals surface area (Å²) in [6.45, 7) is 8.19. The number of nitrogens with zero attached hydrogens (tertiary/aromatic N) is 6. The Hall–Kier alpha value is -9.68. The first-order valence-corrected chi connectivity index (χ1v) is 42.0. The molecule has 128 heavy (non-hydrogen) atoms. The molecule has 46 nitrogen and oxygen atoms in total. The molecular formula is C80H141F2N17O29. The minimum absolute atomic E-state index is 0.00185. The van der Waals surface area contributed by atoms with Crippen LogP contribution in [0.4, 0.5) is 8.78 Å². The van der Waals surface area contributed by atoms with Gasteiger partial charge in [0.25, 0.3) is 0 Å². The van der Waals surface area contributed by atoms with Crippen molar-refractivity contribution in [2.24, 2.45) is 16.7 Å². The summed E-state index contributed by atoms with van der Waals surface area (Å²) in [6.07, 6.45) is 7.81. The number of azide groups is 1. The SMILES string of the molecule is C#CCOCCOCCOCC[18F].CNC(=O)CCC(=O)CC[C@H](N)C(=O)CCC(=O)NC.CNC(=O)CCC(=O)CC[C@H](NC(=O)CCOCCOCCOCCOCCn1cc(COCCOCCOCC[18F])nn1)C(=O)CCC(=O)NC.CNC(=O)CCC(=O)CC[C@H](NC(=O)CCOCCOCCOCCON=[N+]=[N-])C(=O)CCC(=O)NC.CNC(=O)CN. The quantitative estimate of drug-likeness (QED) is 0.00878. The standard InChI is InChI=1S/C33H57FN6O12.C22H38N6O9.C13H23N3O4.C9H15FO3.C3H8N2O/c1-35-31(43)7-4-28(41)3-5-29(30(42)6-8-32(44)36-2)37-33(45)9-12-46-15-18-49-21-22-50-20-17-48-14-11-40-25-27(38-39-40)26-52-24-23-51-19-16-47-13-10-34;1-24-20(31)7-4-17(29)3-5-18(19(30)6-8-21(32)25-2)26-22(33)9-10-34-11-12-35-13-14-36-15-16-37-28-27-23;1-15-12(19)7-4-9(17)3-5-10(14)11(18)6-8-13(20)16-2;1-2-4-11-6-8-13-9-7-12-5-3-10;1-5-3(6)2-4/h25,29H,3-24,26H2,1-2H3,(H,35,43)(H,36,44)(H,37,45);18H,3-16H2,1-2H3,(H,24,31)(H,25,32)(H,26,33);10H,3-8,14H2,1-2H3,(H,15,19)(H,16,20);1H,3-9H2;2,4H2,1H3,(H,5,6)/t29-;18-;10-;;/m000../s1/i34-1;;;10-1;. The molecule has 1 rings (SSSR count). The molecule has 1 heterocycles. The second-order valence-corrected chi connectivity index (χ2v) is 26.3. The molecule has 0 aromatic carbocycles. The molecular weight excluding hydrogens is 1700 g/mol. The lowest BCUT2D eigenvalue weighted by atomic mass is 9.99. The first-order chi connectivity index (χ1) is 61.7. The Kier molecular flexibility index (Phi) is 91.0. The zero-order chi connectivity index (χ0) is 96.1. The van der Waals surface area contributed by atoms with Crippen LogP contribution in [-0.2, 0) is 151 Å². The summed E-state index contributed by atoms with van der Waals surface area (Å²) in [6, 6.07) is -2.57. The highest BCUT2D eigenvalue weighted by Gasteiger charge is 2.25. The molecule has 0 saturated carbocycles. The summed E-state index contributed by atoms with van der Waals surface area (Å²) in [4.78, 5) is 182. The fourth-order valence-electron chi connectivity index (χ4n) is 9.24. The predicted octanol–water partition coefficient (Wildman–Crippen LogP) is -1.55. The molecule has 9 amide bonds. The third-order valence-corrected chi connectivity index (χ3v) is 16.5. The normalized spacial score (nSPS) is 11.1. The summed E-state index contributed by atoms with van der Waals surface area (Å²) in [5.74, 6) is -1.58. The van der Waals surface area contributed by atoms with E-state index < -0.39 is 43.3 Å². The molecule has 13 N–H and O–H groups in total. The van der Waals surface area contributed by atoms with E-state index in [1.54, 1.807) is 17.9 Å². The number of rotatable bonds is 80. The first-order valence-electron chi connectivity index (χ1n) is 42.0. The van der Waals surface area contributed by atoms with Gasteiger partial charge in [0.2, 0.25) is 53.2 Å². The molecule has 3 atom stereocenters. The number of ketones is 6. The van der Waals surface area contributed by atoms with Gasteiger partial charge in [-0.2, -0.15) is 0 Å². The van der Waals surface area contributed by atoms with Crippen LogP contribution < -0.4 is 59.3 Å². The topological polar surface area (TPSA) is 625 Å². The fraction of sp³-hybridized carbons (Fsp3) is 0.762. The van der Waals surface area contributed by atoms with Gasteiger partial charge >= 0.3 is 0 Å². The van der Waals surface area contributed by atoms with Crippen LogP contribution in [0.5, 0.6) is 0 Å². The number of aromatic nitrogens is 3. The van der Waals surface area contributed by atoms with Crippen LogP contribution >= 0.6 is 0 Å². The van der Waals surface area contributed by atoms with Crippen LogP contribution in [0.3, 0.4) is 0 Å². The fourth-order valence-corrected chi connectivity index (χ4v) is 9.24. The first kappa shape index (κ1) is 125. The van der Waals surface area contributed by atoms with Crippen molar-refractivity contribution in [3.8, 4) is 12.3 Å². The highest BCUT2D eigenvalue weighted by Crippen LogP contribution is 2.11. The molecule has 0 radical (unpaired) electrons. The maximum atomic E-state index is 12.7. The molecule has 0 saturated heterocycles. The van der Waals surface area contributed by atoms with Crippen molar-refractivity contribution in [3.05, 3.63) is 22.3 Å². The van der Waals surface area contributed by atoms with Gasteiger partial charge in [-0.3, -0.25) is 71.9 Å². The molecule has 734 valence electrons. The number of halogens is 2. The summed E-state index contributed by atoms with van der Waals surface area (Å²) in [7, 11) is 10.4. The largest absolute Gasteiger partial charge is 0.431 e. The van der Waals surface area contributed by atoms with Gasteiger partial charge in [-0.15, -0.1) is 11.5 Å². The highest BCUT2D eigenvalue weighted by atomic mass is 18.2. The van der Waals surface area contributed by atoms with Gasteiger partial charge in [-0.05, 0) is 24.8 Å². The summed E-state index contributed by atoms with van der Waals surface area (Å²) < 4.78 is 93.5. The third kappa shape index (κ3) is 87.0. The van der Waals surface area contributed by atoms with Crippen LogP contribution in [0.25, 0.3) is 10.4 Å². The Morgan fingerprint density at radius 1 is 0.391 bits per heavy atom. The predicted molar refractivity (Wildman–Crippen MR) is 457 cm³/mol. The van der Waals surface area contributed by atoms with Crippen LogP contribution in [0.1, 0.15) is 134 Å². The Morgan fingerprint density at radius 2 is 0.695 bits per heavy atom. The number of amides is 9. The number of alkyl halides is 2. The van der Waals surface area contributed by atoms with Crippen molar-refractivity contribution < 1.29 is 147 Å². The van der Waals surface area contributed by atoms with Crippen LogP contribution in [0.2, 0.25) is 0 Å². The number of nitrogens with two attached hydrogens (primary N) is 2. The van der Waals surface area contributed by atoms with E-state index in [-0.39, 0.29) is 264 Å². The molecule has 0 aliphatic carbocycles. The second kappa shape index (κ2) is 93.5. The number of hydrogen-bond donors (Lipinski definition) is 11. The van der Waals surface area contributed by atoms with Gasteiger partial charge < -0.3 is 126 Å². The van der Waals surface area contributed by atoms with E-state index in [0.717, 1.165) is 0 Å². The highest BCUT2D eigenvalue weighted by molar-refractivity contribution is 5.94. The Labute approximate surface area is 747 Å². The number of Topliss-reactive ketones (excluding diaryl/α,β-unsaturated/α-hetero) is 6. The number of carbonyl (C=O) groups excluding carboxylic acids is 15. The molecule has 0 unspecified atom stereocenters. The average molecular weight is 1840 g/mol. The van der Waals surface area contributed by atoms with Crippen molar-refractivity contribution in [3.63, 3.8) is 0 Å². The number of likely N-dealkylation sites (N-methyl/N-ethyl adjacent to an activating group) is 1. The van der Waals surface area contributed by atoms with Crippen molar-refractivity contribution in [1.29, 1.82) is 0 Å². The molecule has 48 heteroatoms. The average Bonchev–Trinajstić information content (AvgIpc) is 1.46. The van der Waals surface area contributed by atoms with Crippen LogP contribution in [0.15, 0.2) is 11.5 Å². The van der Waals surface area contributed by atoms with Crippen molar-refractivity contribution in [2.75, 3.05) is 241 Å². The monoisotopic (exact) mass is 1840 g/mol. The minimum atomic E-state index is -0.923. The Balaban J connectivity index is -0.000000869. The van der Waals surface area contributed by atoms with Gasteiger partial charge in [-0.1, -0.05) is 11.1 Å². The zero-order valence-electron chi connectivity index (χ0n) is 75.4. The lowest BCUT2D eigenvalue weighted by Crippen LogP contribution is -2.42. The maximum Gasteiger partial charge on any atom is 0.233 e. The summed E-state index contributed by atoms with van der Waals surface area (Å²) >= 11 is 0.